The Morgan fingerprint density at radius 1 is 0.452 bits per heavy atom. The van der Waals surface area contributed by atoms with Crippen LogP contribution in [0.2, 0.25) is 0 Å². The van der Waals surface area contributed by atoms with Crippen molar-refractivity contribution in [3.05, 3.63) is 89.5 Å². The molecule has 9 nitrogen and oxygen atoms in total. The van der Waals surface area contributed by atoms with Gasteiger partial charge in [-0.2, -0.15) is 9.90 Å². The van der Waals surface area contributed by atoms with Gasteiger partial charge in [-0.15, -0.1) is 0 Å². The highest BCUT2D eigenvalue weighted by molar-refractivity contribution is 6.92. The Hall–Kier alpha value is -4.10. The second-order valence-corrected chi connectivity index (χ2v) is 5.47. The van der Waals surface area contributed by atoms with Crippen molar-refractivity contribution in [1.82, 2.24) is 0 Å². The van der Waals surface area contributed by atoms with Crippen molar-refractivity contribution < 1.29 is 45.0 Å². The first kappa shape index (κ1) is 26.9. The van der Waals surface area contributed by atoms with Crippen molar-refractivity contribution >= 4 is 27.8 Å². The lowest BCUT2D eigenvalue weighted by atomic mass is 10.2. The van der Waals surface area contributed by atoms with Gasteiger partial charge < -0.3 is 30.6 Å². The van der Waals surface area contributed by atoms with Gasteiger partial charge in [0.05, 0.1) is 0 Å². The SMILES string of the molecule is O=C(O)c1ccccc1O.O=C(O)c1ccccc1O.O=C(O)c1ccccc1O.P. The molecular weight excluding hydrogens is 427 g/mol. The molecule has 1 atom stereocenters. The zero-order chi connectivity index (χ0) is 22.7. The van der Waals surface area contributed by atoms with Gasteiger partial charge in [-0.3, -0.25) is 0 Å². The molecule has 0 spiro atoms. The Morgan fingerprint density at radius 3 is 0.774 bits per heavy atom. The molecule has 0 aliphatic heterocycles. The molecule has 1 unspecified atom stereocenters. The second-order valence-electron chi connectivity index (χ2n) is 5.47. The van der Waals surface area contributed by atoms with Gasteiger partial charge in [-0.1, -0.05) is 36.4 Å². The van der Waals surface area contributed by atoms with E-state index in [1.54, 1.807) is 36.4 Å². The molecule has 0 aliphatic carbocycles. The summed E-state index contributed by atoms with van der Waals surface area (Å²) in [4.78, 5) is 30.8. The van der Waals surface area contributed by atoms with Crippen LogP contribution in [0.15, 0.2) is 72.8 Å². The van der Waals surface area contributed by atoms with E-state index in [0.29, 0.717) is 0 Å². The number of aromatic hydroxyl groups is 3. The predicted octanol–water partition coefficient (Wildman–Crippen LogP) is 3.33. The van der Waals surface area contributed by atoms with Crippen molar-refractivity contribution in [3.63, 3.8) is 0 Å². The predicted molar refractivity (Wildman–Crippen MR) is 116 cm³/mol. The summed E-state index contributed by atoms with van der Waals surface area (Å²) in [5, 5.41) is 51.9. The molecule has 3 aromatic carbocycles. The molecule has 0 heterocycles. The van der Waals surface area contributed by atoms with Crippen molar-refractivity contribution in [2.75, 3.05) is 0 Å². The summed E-state index contributed by atoms with van der Waals surface area (Å²) in [6.07, 6.45) is 0. The topological polar surface area (TPSA) is 173 Å². The molecule has 3 aromatic rings. The number of carboxylic acids is 3. The van der Waals surface area contributed by atoms with Crippen LogP contribution in [0, 0.1) is 0 Å². The maximum atomic E-state index is 10.3. The maximum absolute atomic E-state index is 10.3. The monoisotopic (exact) mass is 448 g/mol. The standard InChI is InChI=1S/3C7H6O3.H3P/c3*8-6-4-2-1-3-5(6)7(9)10;/h3*1-4,8H,(H,9,10);1H3. The fourth-order valence-electron chi connectivity index (χ4n) is 1.96. The summed E-state index contributed by atoms with van der Waals surface area (Å²) in [6, 6.07) is 17.4. The molecule has 0 radical (unpaired) electrons. The van der Waals surface area contributed by atoms with Gasteiger partial charge in [-0.05, 0) is 36.4 Å². The first-order valence-corrected chi connectivity index (χ1v) is 8.19. The number of rotatable bonds is 3. The van der Waals surface area contributed by atoms with Crippen LogP contribution in [0.5, 0.6) is 17.2 Å². The number of aromatic carboxylic acids is 3. The van der Waals surface area contributed by atoms with E-state index < -0.39 is 17.9 Å². The molecule has 10 heteroatoms. The summed E-state index contributed by atoms with van der Waals surface area (Å²) < 4.78 is 0. The van der Waals surface area contributed by atoms with Crippen molar-refractivity contribution in [3.8, 4) is 17.2 Å². The Bertz CT molecular complexity index is 903. The lowest BCUT2D eigenvalue weighted by molar-refractivity contribution is 0.0682. The van der Waals surface area contributed by atoms with Crippen LogP contribution < -0.4 is 0 Å². The number of para-hydroxylation sites is 3. The molecule has 31 heavy (non-hydrogen) atoms. The summed E-state index contributed by atoms with van der Waals surface area (Å²) in [6.45, 7) is 0. The molecule has 0 fully saturated rings. The fourth-order valence-corrected chi connectivity index (χ4v) is 1.96. The molecule has 0 aliphatic rings. The van der Waals surface area contributed by atoms with Crippen LogP contribution in [0.4, 0.5) is 0 Å². The van der Waals surface area contributed by atoms with E-state index in [2.05, 4.69) is 0 Å². The molecule has 0 bridgehead atoms. The average Bonchev–Trinajstić information content (AvgIpc) is 2.69. The molecule has 164 valence electrons. The Morgan fingerprint density at radius 2 is 0.645 bits per heavy atom. The molecule has 0 amide bonds. The van der Waals surface area contributed by atoms with Crippen LogP contribution in [0.1, 0.15) is 31.1 Å². The highest BCUT2D eigenvalue weighted by Gasteiger charge is 2.07. The lowest BCUT2D eigenvalue weighted by Gasteiger charge is -1.95. The second kappa shape index (κ2) is 13.2. The third kappa shape index (κ3) is 8.84. The minimum absolute atomic E-state index is 0. The minimum Gasteiger partial charge on any atom is -0.507 e. The number of hydrogen-bond donors (Lipinski definition) is 6. The van der Waals surface area contributed by atoms with Gasteiger partial charge in [0.2, 0.25) is 0 Å². The molecule has 0 saturated heterocycles. The Balaban J connectivity index is 0.000000429. The number of phenols is 3. The normalized spacial score (nSPS) is 8.90. The summed E-state index contributed by atoms with van der Waals surface area (Å²) in [5.74, 6) is -3.94. The maximum Gasteiger partial charge on any atom is 0.339 e. The van der Waals surface area contributed by atoms with Crippen molar-refractivity contribution in [1.29, 1.82) is 0 Å². The van der Waals surface area contributed by atoms with Crippen LogP contribution in [-0.4, -0.2) is 48.5 Å². The number of hydrogen-bond acceptors (Lipinski definition) is 6. The van der Waals surface area contributed by atoms with E-state index in [1.165, 1.54) is 36.4 Å². The quantitative estimate of drug-likeness (QED) is 0.329. The van der Waals surface area contributed by atoms with E-state index in [1.807, 2.05) is 0 Å². The first-order chi connectivity index (χ1) is 14.1. The van der Waals surface area contributed by atoms with Gasteiger partial charge >= 0.3 is 17.9 Å². The minimum atomic E-state index is -1.11. The zero-order valence-electron chi connectivity index (χ0n) is 16.0. The van der Waals surface area contributed by atoms with Gasteiger partial charge in [0.1, 0.15) is 33.9 Å². The van der Waals surface area contributed by atoms with E-state index in [0.717, 1.165) is 0 Å². The summed E-state index contributed by atoms with van der Waals surface area (Å²) in [7, 11) is 0. The number of benzene rings is 3. The molecule has 6 N–H and O–H groups in total. The van der Waals surface area contributed by atoms with Gasteiger partial charge in [-0.25, -0.2) is 14.4 Å². The van der Waals surface area contributed by atoms with Crippen LogP contribution in [0.25, 0.3) is 0 Å². The summed E-state index contributed by atoms with van der Waals surface area (Å²) >= 11 is 0. The molecule has 3 rings (SSSR count). The highest BCUT2D eigenvalue weighted by atomic mass is 31.0. The van der Waals surface area contributed by atoms with Gasteiger partial charge in [0.15, 0.2) is 0 Å². The molecule has 0 saturated carbocycles. The van der Waals surface area contributed by atoms with Crippen LogP contribution >= 0.6 is 9.90 Å². The van der Waals surface area contributed by atoms with E-state index in [4.69, 9.17) is 30.6 Å². The number of carboxylic acid groups (broad SMARTS) is 3. The first-order valence-electron chi connectivity index (χ1n) is 8.19. The number of carbonyl (C=O) groups is 3. The third-order valence-corrected chi connectivity index (χ3v) is 3.40. The van der Waals surface area contributed by atoms with Crippen molar-refractivity contribution in [2.24, 2.45) is 0 Å². The Kier molecular flexibility index (Phi) is 11.4. The average molecular weight is 448 g/mol. The Labute approximate surface area is 180 Å². The lowest BCUT2D eigenvalue weighted by Crippen LogP contribution is -1.95. The van der Waals surface area contributed by atoms with E-state index in [-0.39, 0.29) is 43.8 Å². The van der Waals surface area contributed by atoms with Crippen molar-refractivity contribution in [2.45, 2.75) is 0 Å². The fraction of sp³-hybridized carbons (Fsp3) is 0. The molecular formula is C21H21O9P. The largest absolute Gasteiger partial charge is 0.507 e. The van der Waals surface area contributed by atoms with E-state index in [9.17, 15) is 14.4 Å². The highest BCUT2D eigenvalue weighted by Crippen LogP contribution is 2.15. The molecule has 0 aromatic heterocycles. The van der Waals surface area contributed by atoms with Gasteiger partial charge in [0, 0.05) is 0 Å². The third-order valence-electron chi connectivity index (χ3n) is 3.40. The zero-order valence-corrected chi connectivity index (χ0v) is 17.5. The van der Waals surface area contributed by atoms with Crippen LogP contribution in [-0.2, 0) is 0 Å². The smallest absolute Gasteiger partial charge is 0.339 e. The summed E-state index contributed by atoms with van der Waals surface area (Å²) in [5.41, 5.74) is -0.201. The van der Waals surface area contributed by atoms with Crippen LogP contribution in [0.3, 0.4) is 0 Å². The van der Waals surface area contributed by atoms with Gasteiger partial charge in [0.25, 0.3) is 0 Å². The van der Waals surface area contributed by atoms with E-state index >= 15 is 0 Å².